The van der Waals surface area contributed by atoms with Crippen molar-refractivity contribution in [2.75, 3.05) is 6.54 Å². The minimum atomic E-state index is -0.00902. The maximum atomic E-state index is 12.9. The lowest BCUT2D eigenvalue weighted by Gasteiger charge is -2.26. The summed E-state index contributed by atoms with van der Waals surface area (Å²) in [6.45, 7) is 2.76. The van der Waals surface area contributed by atoms with Gasteiger partial charge in [0.15, 0.2) is 5.82 Å². The summed E-state index contributed by atoms with van der Waals surface area (Å²) in [5, 5.41) is 14.5. The Morgan fingerprint density at radius 2 is 2.25 bits per heavy atom. The summed E-state index contributed by atoms with van der Waals surface area (Å²) in [5.74, 6) is 1.38. The second-order valence-electron chi connectivity index (χ2n) is 6.74. The third kappa shape index (κ3) is 2.90. The Balaban J connectivity index is 1.51. The Morgan fingerprint density at radius 3 is 2.88 bits per heavy atom. The molecule has 4 rings (SSSR count). The number of aromatic nitrogens is 4. The Bertz CT molecular complexity index is 737. The Kier molecular flexibility index (Phi) is 3.99. The van der Waals surface area contributed by atoms with Gasteiger partial charge in [-0.1, -0.05) is 0 Å². The molecule has 2 atom stereocenters. The standard InChI is InChI=1S/C16H22N6OS/c1-10-8-24-15(18-10)13(11-5-6-11)19-16(23)22-7-3-4-12(22)14-20-17-9-21(14)2/h8-9,11-13H,3-7H2,1-2H3,(H,19,23)/t12-,13+/m1/s1. The summed E-state index contributed by atoms with van der Waals surface area (Å²) in [6, 6.07) is 0.0394. The number of rotatable bonds is 4. The molecule has 1 aliphatic carbocycles. The van der Waals surface area contributed by atoms with Crippen LogP contribution < -0.4 is 5.32 Å². The lowest BCUT2D eigenvalue weighted by atomic mass is 10.2. The normalized spacial score (nSPS) is 21.9. The van der Waals surface area contributed by atoms with Gasteiger partial charge in [-0.3, -0.25) is 0 Å². The van der Waals surface area contributed by atoms with Crippen molar-refractivity contribution in [3.63, 3.8) is 0 Å². The Hall–Kier alpha value is -1.96. The molecule has 2 fully saturated rings. The smallest absolute Gasteiger partial charge is 0.318 e. The van der Waals surface area contributed by atoms with Crippen molar-refractivity contribution in [2.45, 2.75) is 44.7 Å². The van der Waals surface area contributed by atoms with Gasteiger partial charge in [0, 0.05) is 24.7 Å². The molecule has 1 N–H and O–H groups in total. The number of nitrogens with zero attached hydrogens (tertiary/aromatic N) is 5. The lowest BCUT2D eigenvalue weighted by molar-refractivity contribution is 0.184. The molecule has 0 unspecified atom stereocenters. The predicted molar refractivity (Wildman–Crippen MR) is 90.5 cm³/mol. The molecule has 2 aliphatic rings. The minimum Gasteiger partial charge on any atom is -0.328 e. The van der Waals surface area contributed by atoms with Gasteiger partial charge < -0.3 is 14.8 Å². The number of carbonyl (C=O) groups is 1. The molecule has 128 valence electrons. The van der Waals surface area contributed by atoms with E-state index in [2.05, 4.69) is 25.9 Å². The third-order valence-corrected chi connectivity index (χ3v) is 5.88. The molecule has 1 saturated carbocycles. The van der Waals surface area contributed by atoms with Crippen LogP contribution in [0, 0.1) is 12.8 Å². The van der Waals surface area contributed by atoms with Gasteiger partial charge in [-0.25, -0.2) is 9.78 Å². The molecular formula is C16H22N6OS. The average Bonchev–Trinajstić information content (AvgIpc) is 2.95. The van der Waals surface area contributed by atoms with Crippen molar-refractivity contribution in [1.29, 1.82) is 0 Å². The zero-order valence-corrected chi connectivity index (χ0v) is 14.8. The molecule has 24 heavy (non-hydrogen) atoms. The highest BCUT2D eigenvalue weighted by molar-refractivity contribution is 7.09. The first-order chi connectivity index (χ1) is 11.6. The van der Waals surface area contributed by atoms with Crippen LogP contribution >= 0.6 is 11.3 Å². The number of likely N-dealkylation sites (tertiary alicyclic amines) is 1. The van der Waals surface area contributed by atoms with Gasteiger partial charge in [-0.05, 0) is 38.5 Å². The molecule has 7 nitrogen and oxygen atoms in total. The topological polar surface area (TPSA) is 75.9 Å². The van der Waals surface area contributed by atoms with E-state index in [1.165, 1.54) is 0 Å². The number of carbonyl (C=O) groups excluding carboxylic acids is 1. The zero-order chi connectivity index (χ0) is 16.7. The van der Waals surface area contributed by atoms with Crippen LogP contribution in [-0.2, 0) is 7.05 Å². The van der Waals surface area contributed by atoms with Crippen LogP contribution in [0.3, 0.4) is 0 Å². The van der Waals surface area contributed by atoms with Crippen LogP contribution in [0.1, 0.15) is 54.3 Å². The van der Waals surface area contributed by atoms with Gasteiger partial charge >= 0.3 is 6.03 Å². The number of thiazole rings is 1. The molecular weight excluding hydrogens is 324 g/mol. The highest BCUT2D eigenvalue weighted by Crippen LogP contribution is 2.42. The molecule has 3 heterocycles. The van der Waals surface area contributed by atoms with Crippen LogP contribution in [0.2, 0.25) is 0 Å². The summed E-state index contributed by atoms with van der Waals surface area (Å²) in [7, 11) is 1.93. The summed E-state index contributed by atoms with van der Waals surface area (Å²) in [4.78, 5) is 19.4. The fourth-order valence-electron chi connectivity index (χ4n) is 3.41. The third-order valence-electron chi connectivity index (χ3n) is 4.83. The van der Waals surface area contributed by atoms with Gasteiger partial charge in [-0.2, -0.15) is 0 Å². The van der Waals surface area contributed by atoms with Crippen molar-refractivity contribution in [1.82, 2.24) is 30.0 Å². The van der Waals surface area contributed by atoms with Crippen LogP contribution in [0.5, 0.6) is 0 Å². The van der Waals surface area contributed by atoms with E-state index in [0.29, 0.717) is 5.92 Å². The van der Waals surface area contributed by atoms with Gasteiger partial charge in [0.25, 0.3) is 0 Å². The van der Waals surface area contributed by atoms with E-state index in [1.807, 2.05) is 23.4 Å². The fourth-order valence-corrected chi connectivity index (χ4v) is 4.35. The highest BCUT2D eigenvalue weighted by Gasteiger charge is 2.39. The molecule has 2 amide bonds. The maximum absolute atomic E-state index is 12.9. The molecule has 0 spiro atoms. The first-order valence-corrected chi connectivity index (χ1v) is 9.34. The van der Waals surface area contributed by atoms with Crippen molar-refractivity contribution in [2.24, 2.45) is 13.0 Å². The van der Waals surface area contributed by atoms with Crippen molar-refractivity contribution in [3.05, 3.63) is 28.2 Å². The van der Waals surface area contributed by atoms with E-state index < -0.39 is 0 Å². The molecule has 1 aliphatic heterocycles. The molecule has 0 bridgehead atoms. The minimum absolute atomic E-state index is 0.00902. The number of aryl methyl sites for hydroxylation is 2. The monoisotopic (exact) mass is 346 g/mol. The number of amides is 2. The quantitative estimate of drug-likeness (QED) is 0.923. The Labute approximate surface area is 145 Å². The van der Waals surface area contributed by atoms with E-state index in [1.54, 1.807) is 17.7 Å². The van der Waals surface area contributed by atoms with E-state index in [9.17, 15) is 4.79 Å². The van der Waals surface area contributed by atoms with Crippen LogP contribution in [0.4, 0.5) is 4.79 Å². The van der Waals surface area contributed by atoms with E-state index in [4.69, 9.17) is 0 Å². The van der Waals surface area contributed by atoms with Gasteiger partial charge in [0.2, 0.25) is 0 Å². The van der Waals surface area contributed by atoms with Crippen molar-refractivity contribution < 1.29 is 4.79 Å². The summed E-state index contributed by atoms with van der Waals surface area (Å²) in [6.07, 6.45) is 5.95. The summed E-state index contributed by atoms with van der Waals surface area (Å²) >= 11 is 1.64. The maximum Gasteiger partial charge on any atom is 0.318 e. The highest BCUT2D eigenvalue weighted by atomic mass is 32.1. The Morgan fingerprint density at radius 1 is 1.42 bits per heavy atom. The summed E-state index contributed by atoms with van der Waals surface area (Å²) < 4.78 is 1.90. The van der Waals surface area contributed by atoms with Crippen molar-refractivity contribution >= 4 is 17.4 Å². The first kappa shape index (κ1) is 15.6. The summed E-state index contributed by atoms with van der Waals surface area (Å²) in [5.41, 5.74) is 1.02. The van der Waals surface area contributed by atoms with Crippen LogP contribution in [0.25, 0.3) is 0 Å². The van der Waals surface area contributed by atoms with E-state index >= 15 is 0 Å². The molecule has 8 heteroatoms. The van der Waals surface area contributed by atoms with Gasteiger partial charge in [0.1, 0.15) is 11.3 Å². The van der Waals surface area contributed by atoms with Crippen LogP contribution in [-0.4, -0.2) is 37.2 Å². The molecule has 2 aromatic rings. The largest absolute Gasteiger partial charge is 0.328 e. The average molecular weight is 346 g/mol. The molecule has 1 saturated heterocycles. The van der Waals surface area contributed by atoms with E-state index in [0.717, 1.165) is 48.8 Å². The van der Waals surface area contributed by atoms with Crippen LogP contribution in [0.15, 0.2) is 11.7 Å². The molecule has 2 aromatic heterocycles. The second kappa shape index (κ2) is 6.16. The van der Waals surface area contributed by atoms with E-state index in [-0.39, 0.29) is 18.1 Å². The first-order valence-electron chi connectivity index (χ1n) is 8.46. The molecule has 0 radical (unpaired) electrons. The van der Waals surface area contributed by atoms with Gasteiger partial charge in [-0.15, -0.1) is 21.5 Å². The number of hydrogen-bond donors (Lipinski definition) is 1. The fraction of sp³-hybridized carbons (Fsp3) is 0.625. The predicted octanol–water partition coefficient (Wildman–Crippen LogP) is 2.58. The lowest BCUT2D eigenvalue weighted by Crippen LogP contribution is -2.42. The SMILES string of the molecule is Cc1csc([C@@H](NC(=O)N2CCC[C@@H]2c2nncn2C)C2CC2)n1. The number of nitrogens with one attached hydrogen (secondary N) is 1. The zero-order valence-electron chi connectivity index (χ0n) is 14.0. The van der Waals surface area contributed by atoms with Gasteiger partial charge in [0.05, 0.1) is 12.1 Å². The molecule has 0 aromatic carbocycles. The number of hydrogen-bond acceptors (Lipinski definition) is 5. The second-order valence-corrected chi connectivity index (χ2v) is 7.63. The number of urea groups is 1. The van der Waals surface area contributed by atoms with Crippen molar-refractivity contribution in [3.8, 4) is 0 Å².